The van der Waals surface area contributed by atoms with Crippen LogP contribution in [0.3, 0.4) is 0 Å². The molecule has 2 rings (SSSR count). The summed E-state index contributed by atoms with van der Waals surface area (Å²) in [7, 11) is 0. The van der Waals surface area contributed by atoms with Crippen molar-refractivity contribution in [2.24, 2.45) is 11.8 Å². The highest BCUT2D eigenvalue weighted by Gasteiger charge is 2.24. The Balaban J connectivity index is 2.17. The average Bonchev–Trinajstić information content (AvgIpc) is 2.12. The molecule has 0 N–H and O–H groups in total. The number of fused-ring (bicyclic) bond motifs is 2. The fourth-order valence-electron chi connectivity index (χ4n) is 1.97. The first-order valence-corrected chi connectivity index (χ1v) is 3.62. The van der Waals surface area contributed by atoms with E-state index in [1.54, 1.807) is 0 Å². The molecule has 2 aliphatic carbocycles. The summed E-state index contributed by atoms with van der Waals surface area (Å²) in [6.45, 7) is 0. The molecule has 0 amide bonds. The summed E-state index contributed by atoms with van der Waals surface area (Å²) in [5.41, 5.74) is 0. The van der Waals surface area contributed by atoms with E-state index in [9.17, 15) is 0 Å². The second-order valence-corrected chi connectivity index (χ2v) is 3.10. The van der Waals surface area contributed by atoms with Crippen LogP contribution in [0, 0.1) is 11.8 Å². The van der Waals surface area contributed by atoms with Gasteiger partial charge >= 0.3 is 0 Å². The van der Waals surface area contributed by atoms with Crippen LogP contribution in [0.25, 0.3) is 0 Å². The van der Waals surface area contributed by atoms with Gasteiger partial charge in [0.25, 0.3) is 0 Å². The van der Waals surface area contributed by atoms with Gasteiger partial charge in [-0.15, -0.1) is 0 Å². The Morgan fingerprint density at radius 1 is 1.25 bits per heavy atom. The van der Waals surface area contributed by atoms with Gasteiger partial charge in [-0.3, -0.25) is 0 Å². The van der Waals surface area contributed by atoms with Crippen LogP contribution < -0.4 is 0 Å². The van der Waals surface area contributed by atoms with Gasteiger partial charge in [-0.25, -0.2) is 0 Å². The number of allylic oxidation sites excluding steroid dienone is 2. The van der Waals surface area contributed by atoms with Crippen molar-refractivity contribution in [2.45, 2.75) is 25.7 Å². The lowest BCUT2D eigenvalue weighted by Gasteiger charge is -2.10. The summed E-state index contributed by atoms with van der Waals surface area (Å²) >= 11 is 0. The smallest absolute Gasteiger partial charge is 0.0231 e. The van der Waals surface area contributed by atoms with E-state index in [4.69, 9.17) is 0 Å². The average molecular weight is 108 g/mol. The molecule has 0 nitrogen and oxygen atoms in total. The molecule has 2 atom stereocenters. The van der Waals surface area contributed by atoms with Gasteiger partial charge in [0.15, 0.2) is 0 Å². The minimum absolute atomic E-state index is 0.980. The van der Waals surface area contributed by atoms with Gasteiger partial charge in [-0.2, -0.15) is 0 Å². The first-order valence-electron chi connectivity index (χ1n) is 3.62. The van der Waals surface area contributed by atoms with Crippen LogP contribution >= 0.6 is 0 Å². The van der Waals surface area contributed by atoms with Gasteiger partial charge in [0, 0.05) is 0 Å². The van der Waals surface area contributed by atoms with Crippen LogP contribution in [0.2, 0.25) is 0 Å². The molecule has 0 heterocycles. The maximum atomic E-state index is 2.41. The van der Waals surface area contributed by atoms with Crippen molar-refractivity contribution in [3.05, 3.63) is 12.2 Å². The second-order valence-electron chi connectivity index (χ2n) is 3.10. The van der Waals surface area contributed by atoms with E-state index >= 15 is 0 Å². The van der Waals surface area contributed by atoms with Crippen molar-refractivity contribution in [1.82, 2.24) is 0 Å². The van der Waals surface area contributed by atoms with E-state index in [-0.39, 0.29) is 0 Å². The molecular formula is C8H12. The normalized spacial score (nSPS) is 43.0. The minimum Gasteiger partial charge on any atom is -0.0880 e. The molecule has 1 saturated carbocycles. The fraction of sp³-hybridized carbons (Fsp3) is 0.750. The van der Waals surface area contributed by atoms with Gasteiger partial charge in [0.05, 0.1) is 0 Å². The third kappa shape index (κ3) is 0.594. The van der Waals surface area contributed by atoms with Crippen molar-refractivity contribution < 1.29 is 0 Å². The van der Waals surface area contributed by atoms with Crippen LogP contribution in [-0.2, 0) is 0 Å². The molecule has 1 fully saturated rings. The van der Waals surface area contributed by atoms with Crippen LogP contribution in [-0.4, -0.2) is 0 Å². The molecule has 8 heavy (non-hydrogen) atoms. The molecule has 0 aliphatic heterocycles. The molecule has 0 heteroatoms. The molecule has 2 aliphatic rings. The lowest BCUT2D eigenvalue weighted by molar-refractivity contribution is 0.519. The Bertz CT molecular complexity index is 113. The molecular weight excluding hydrogens is 96.1 g/mol. The van der Waals surface area contributed by atoms with Gasteiger partial charge < -0.3 is 0 Å². The highest BCUT2D eigenvalue weighted by molar-refractivity contribution is 5.00. The van der Waals surface area contributed by atoms with Crippen molar-refractivity contribution in [3.8, 4) is 0 Å². The predicted molar refractivity (Wildman–Crippen MR) is 34.6 cm³/mol. The van der Waals surface area contributed by atoms with Crippen LogP contribution in [0.1, 0.15) is 25.7 Å². The summed E-state index contributed by atoms with van der Waals surface area (Å²) < 4.78 is 0. The van der Waals surface area contributed by atoms with E-state index in [0.29, 0.717) is 0 Å². The summed E-state index contributed by atoms with van der Waals surface area (Å²) in [5, 5.41) is 0. The quantitative estimate of drug-likeness (QED) is 0.418. The molecule has 0 radical (unpaired) electrons. The summed E-state index contributed by atoms with van der Waals surface area (Å²) in [4.78, 5) is 0. The van der Waals surface area contributed by atoms with E-state index < -0.39 is 0 Å². The Morgan fingerprint density at radius 3 is 3.00 bits per heavy atom. The molecule has 2 bridgehead atoms. The standard InChI is InChI=1S/C8H12/c1-2-7-4-5-8(3-1)6-7/h1-2,7-8H,3-6H2/t7-,8-/m1/s1. The van der Waals surface area contributed by atoms with Crippen molar-refractivity contribution in [1.29, 1.82) is 0 Å². The monoisotopic (exact) mass is 108 g/mol. The van der Waals surface area contributed by atoms with E-state index in [1.807, 2.05) is 0 Å². The first kappa shape index (κ1) is 4.60. The molecule has 0 saturated heterocycles. The van der Waals surface area contributed by atoms with Crippen LogP contribution in [0.5, 0.6) is 0 Å². The van der Waals surface area contributed by atoms with Crippen molar-refractivity contribution >= 4 is 0 Å². The van der Waals surface area contributed by atoms with E-state index in [2.05, 4.69) is 12.2 Å². The topological polar surface area (TPSA) is 0 Å². The first-order chi connectivity index (χ1) is 3.95. The second kappa shape index (κ2) is 1.61. The Kier molecular flexibility index (Phi) is 0.927. The van der Waals surface area contributed by atoms with Gasteiger partial charge in [0.2, 0.25) is 0 Å². The highest BCUT2D eigenvalue weighted by Crippen LogP contribution is 2.37. The third-order valence-electron chi connectivity index (χ3n) is 2.46. The SMILES string of the molecule is C1=C[C@@H]2CC[C@@H](C1)C2. The van der Waals surface area contributed by atoms with Crippen molar-refractivity contribution in [2.75, 3.05) is 0 Å². The fourth-order valence-corrected chi connectivity index (χ4v) is 1.97. The predicted octanol–water partition coefficient (Wildman–Crippen LogP) is 2.36. The van der Waals surface area contributed by atoms with Gasteiger partial charge in [-0.05, 0) is 37.5 Å². The maximum Gasteiger partial charge on any atom is -0.0231 e. The van der Waals surface area contributed by atoms with Gasteiger partial charge in [-0.1, -0.05) is 12.2 Å². The summed E-state index contributed by atoms with van der Waals surface area (Å²) in [6.07, 6.45) is 10.6. The Morgan fingerprint density at radius 2 is 2.25 bits per heavy atom. The number of hydrogen-bond acceptors (Lipinski definition) is 0. The zero-order valence-electron chi connectivity index (χ0n) is 5.14. The van der Waals surface area contributed by atoms with Crippen LogP contribution in [0.4, 0.5) is 0 Å². The largest absolute Gasteiger partial charge is 0.0880 e. The Labute approximate surface area is 50.6 Å². The van der Waals surface area contributed by atoms with E-state index in [1.165, 1.54) is 25.7 Å². The molecule has 0 aromatic heterocycles. The molecule has 0 unspecified atom stereocenters. The van der Waals surface area contributed by atoms with E-state index in [0.717, 1.165) is 11.8 Å². The van der Waals surface area contributed by atoms with Crippen molar-refractivity contribution in [3.63, 3.8) is 0 Å². The zero-order chi connectivity index (χ0) is 5.40. The molecule has 0 aromatic carbocycles. The summed E-state index contributed by atoms with van der Waals surface area (Å²) in [6, 6.07) is 0. The summed E-state index contributed by atoms with van der Waals surface area (Å²) in [5.74, 6) is 2.05. The highest BCUT2D eigenvalue weighted by atomic mass is 14.3. The van der Waals surface area contributed by atoms with Gasteiger partial charge in [0.1, 0.15) is 0 Å². The lowest BCUT2D eigenvalue weighted by Crippen LogP contribution is -1.97. The Hall–Kier alpha value is -0.260. The zero-order valence-corrected chi connectivity index (χ0v) is 5.14. The molecule has 0 spiro atoms. The number of hydrogen-bond donors (Lipinski definition) is 0. The third-order valence-corrected chi connectivity index (χ3v) is 2.46. The number of rotatable bonds is 0. The molecule has 44 valence electrons. The lowest BCUT2D eigenvalue weighted by atomic mass is 9.96. The van der Waals surface area contributed by atoms with Crippen LogP contribution in [0.15, 0.2) is 12.2 Å². The maximum absolute atomic E-state index is 2.41. The molecule has 0 aromatic rings. The minimum atomic E-state index is 0.980.